The summed E-state index contributed by atoms with van der Waals surface area (Å²) in [4.78, 5) is 23.9. The summed E-state index contributed by atoms with van der Waals surface area (Å²) < 4.78 is 0.985. The summed E-state index contributed by atoms with van der Waals surface area (Å²) in [5, 5.41) is 12.1. The van der Waals surface area contributed by atoms with E-state index < -0.39 is 12.0 Å². The van der Waals surface area contributed by atoms with Gasteiger partial charge >= 0.3 is 5.97 Å². The molecule has 3 rings (SSSR count). The number of hydrogen-bond donors (Lipinski definition) is 2. The highest BCUT2D eigenvalue weighted by Gasteiger charge is 2.44. The molecule has 3 unspecified atom stereocenters. The Balaban J connectivity index is 1.62. The Kier molecular flexibility index (Phi) is 5.00. The van der Waals surface area contributed by atoms with Crippen LogP contribution in [0.3, 0.4) is 0 Å². The molecule has 5 heteroatoms. The molecule has 0 aromatic heterocycles. The highest BCUT2D eigenvalue weighted by atomic mass is 79.9. The van der Waals surface area contributed by atoms with Gasteiger partial charge in [0, 0.05) is 16.8 Å². The Bertz CT molecular complexity index is 747. The molecule has 1 aliphatic rings. The third-order valence-electron chi connectivity index (χ3n) is 4.30. The number of amides is 1. The standard InChI is InChI=1S/C19H18BrNO3/c20-14-8-4-7-13(10-14)15-11-16(15)18(22)21-17(19(23)24)9-12-5-2-1-3-6-12/h1-8,10,15-17H,9,11H2,(H,21,22)(H,23,24). The zero-order valence-electron chi connectivity index (χ0n) is 13.0. The van der Waals surface area contributed by atoms with Crippen molar-refractivity contribution in [3.63, 3.8) is 0 Å². The van der Waals surface area contributed by atoms with Crippen molar-refractivity contribution in [3.8, 4) is 0 Å². The zero-order valence-corrected chi connectivity index (χ0v) is 14.6. The highest BCUT2D eigenvalue weighted by molar-refractivity contribution is 9.10. The van der Waals surface area contributed by atoms with E-state index in [1.54, 1.807) is 0 Å². The molecule has 1 saturated carbocycles. The van der Waals surface area contributed by atoms with Crippen LogP contribution < -0.4 is 5.32 Å². The van der Waals surface area contributed by atoms with Crippen molar-refractivity contribution >= 4 is 27.8 Å². The minimum atomic E-state index is -1.01. The molecule has 2 N–H and O–H groups in total. The molecule has 4 nitrogen and oxygen atoms in total. The van der Waals surface area contributed by atoms with E-state index in [0.29, 0.717) is 0 Å². The van der Waals surface area contributed by atoms with Crippen LogP contribution in [0, 0.1) is 5.92 Å². The SMILES string of the molecule is O=C(O)C(Cc1ccccc1)NC(=O)C1CC1c1cccc(Br)c1. The van der Waals surface area contributed by atoms with Crippen molar-refractivity contribution in [2.45, 2.75) is 24.8 Å². The third-order valence-corrected chi connectivity index (χ3v) is 4.79. The van der Waals surface area contributed by atoms with Gasteiger partial charge in [0.05, 0.1) is 0 Å². The van der Waals surface area contributed by atoms with Crippen LogP contribution in [0.2, 0.25) is 0 Å². The first-order chi connectivity index (χ1) is 11.5. The first-order valence-electron chi connectivity index (χ1n) is 7.87. The van der Waals surface area contributed by atoms with Gasteiger partial charge in [0.1, 0.15) is 6.04 Å². The molecule has 0 radical (unpaired) electrons. The number of benzene rings is 2. The van der Waals surface area contributed by atoms with Crippen molar-refractivity contribution in [1.82, 2.24) is 5.32 Å². The van der Waals surface area contributed by atoms with Gasteiger partial charge in [-0.05, 0) is 35.6 Å². The van der Waals surface area contributed by atoms with Crippen LogP contribution in [0.1, 0.15) is 23.5 Å². The predicted molar refractivity (Wildman–Crippen MR) is 94.7 cm³/mol. The Labute approximate surface area is 149 Å². The van der Waals surface area contributed by atoms with Crippen LogP contribution in [0.15, 0.2) is 59.1 Å². The first kappa shape index (κ1) is 16.7. The van der Waals surface area contributed by atoms with Crippen LogP contribution in [-0.4, -0.2) is 23.0 Å². The van der Waals surface area contributed by atoms with E-state index >= 15 is 0 Å². The maximum absolute atomic E-state index is 12.4. The number of carbonyl (C=O) groups excluding carboxylic acids is 1. The largest absolute Gasteiger partial charge is 0.480 e. The summed E-state index contributed by atoms with van der Waals surface area (Å²) in [7, 11) is 0. The van der Waals surface area contributed by atoms with Crippen LogP contribution in [0.25, 0.3) is 0 Å². The number of carbonyl (C=O) groups is 2. The van der Waals surface area contributed by atoms with Crippen LogP contribution in [0.4, 0.5) is 0 Å². The number of carboxylic acid groups (broad SMARTS) is 1. The van der Waals surface area contributed by atoms with Gasteiger partial charge in [-0.25, -0.2) is 4.79 Å². The van der Waals surface area contributed by atoms with Gasteiger partial charge in [-0.1, -0.05) is 58.4 Å². The topological polar surface area (TPSA) is 66.4 Å². The van der Waals surface area contributed by atoms with Gasteiger partial charge in [0.15, 0.2) is 0 Å². The van der Waals surface area contributed by atoms with Gasteiger partial charge in [-0.2, -0.15) is 0 Å². The van der Waals surface area contributed by atoms with Crippen molar-refractivity contribution in [3.05, 3.63) is 70.2 Å². The van der Waals surface area contributed by atoms with E-state index in [9.17, 15) is 14.7 Å². The summed E-state index contributed by atoms with van der Waals surface area (Å²) in [6.07, 6.45) is 1.05. The van der Waals surface area contributed by atoms with Crippen LogP contribution >= 0.6 is 15.9 Å². The molecule has 1 aliphatic carbocycles. The molecule has 0 heterocycles. The minimum absolute atomic E-state index is 0.142. The fraction of sp³-hybridized carbons (Fsp3) is 0.263. The molecular weight excluding hydrogens is 370 g/mol. The number of halogens is 1. The average molecular weight is 388 g/mol. The van der Waals surface area contributed by atoms with Gasteiger partial charge < -0.3 is 10.4 Å². The second-order valence-corrected chi connectivity index (χ2v) is 7.01. The Morgan fingerprint density at radius 2 is 1.92 bits per heavy atom. The Morgan fingerprint density at radius 3 is 2.58 bits per heavy atom. The molecule has 0 bridgehead atoms. The quantitative estimate of drug-likeness (QED) is 0.798. The maximum Gasteiger partial charge on any atom is 0.326 e. The smallest absolute Gasteiger partial charge is 0.326 e. The summed E-state index contributed by atoms with van der Waals surface area (Å²) in [6, 6.07) is 16.3. The van der Waals surface area contributed by atoms with Gasteiger partial charge in [0.25, 0.3) is 0 Å². The number of nitrogens with one attached hydrogen (secondary N) is 1. The zero-order chi connectivity index (χ0) is 17.1. The number of rotatable bonds is 6. The van der Waals surface area contributed by atoms with Crippen LogP contribution in [0.5, 0.6) is 0 Å². The summed E-state index contributed by atoms with van der Waals surface area (Å²) in [6.45, 7) is 0. The summed E-state index contributed by atoms with van der Waals surface area (Å²) in [5.74, 6) is -1.15. The number of carboxylic acids is 1. The Hall–Kier alpha value is -2.14. The summed E-state index contributed by atoms with van der Waals surface area (Å²) >= 11 is 3.43. The lowest BCUT2D eigenvalue weighted by atomic mass is 10.1. The van der Waals surface area contributed by atoms with E-state index in [1.165, 1.54) is 0 Å². The molecule has 2 aromatic rings. The van der Waals surface area contributed by atoms with E-state index in [2.05, 4.69) is 21.2 Å². The third kappa shape index (κ3) is 4.03. The molecule has 1 amide bonds. The molecule has 2 aromatic carbocycles. The lowest BCUT2D eigenvalue weighted by Crippen LogP contribution is -2.43. The van der Waals surface area contributed by atoms with Crippen LogP contribution in [-0.2, 0) is 16.0 Å². The fourth-order valence-electron chi connectivity index (χ4n) is 2.92. The van der Waals surface area contributed by atoms with Crippen molar-refractivity contribution in [2.75, 3.05) is 0 Å². The van der Waals surface area contributed by atoms with Gasteiger partial charge in [-0.15, -0.1) is 0 Å². The fourth-order valence-corrected chi connectivity index (χ4v) is 3.34. The minimum Gasteiger partial charge on any atom is -0.480 e. The molecule has 1 fully saturated rings. The van der Waals surface area contributed by atoms with Crippen molar-refractivity contribution < 1.29 is 14.7 Å². The molecule has 3 atom stereocenters. The molecule has 0 saturated heterocycles. The van der Waals surface area contributed by atoms with Gasteiger partial charge in [-0.3, -0.25) is 4.79 Å². The normalized spacial score (nSPS) is 20.2. The number of aliphatic carboxylic acids is 1. The maximum atomic E-state index is 12.4. The molecule has 0 aliphatic heterocycles. The van der Waals surface area contributed by atoms with E-state index in [0.717, 1.165) is 22.0 Å². The molecule has 24 heavy (non-hydrogen) atoms. The highest BCUT2D eigenvalue weighted by Crippen LogP contribution is 2.48. The number of hydrogen-bond acceptors (Lipinski definition) is 2. The lowest BCUT2D eigenvalue weighted by Gasteiger charge is -2.14. The Morgan fingerprint density at radius 1 is 1.17 bits per heavy atom. The first-order valence-corrected chi connectivity index (χ1v) is 8.66. The molecule has 124 valence electrons. The lowest BCUT2D eigenvalue weighted by molar-refractivity contribution is -0.142. The second-order valence-electron chi connectivity index (χ2n) is 6.09. The molecule has 0 spiro atoms. The van der Waals surface area contributed by atoms with Crippen molar-refractivity contribution in [2.24, 2.45) is 5.92 Å². The van der Waals surface area contributed by atoms with Crippen molar-refractivity contribution in [1.29, 1.82) is 0 Å². The van der Waals surface area contributed by atoms with Gasteiger partial charge in [0.2, 0.25) is 5.91 Å². The average Bonchev–Trinajstić information content (AvgIpc) is 3.36. The van der Waals surface area contributed by atoms with E-state index in [-0.39, 0.29) is 24.2 Å². The van der Waals surface area contributed by atoms with E-state index in [1.807, 2.05) is 54.6 Å². The predicted octanol–water partition coefficient (Wildman–Crippen LogP) is 3.36. The molecular formula is C19H18BrNO3. The second kappa shape index (κ2) is 7.18. The van der Waals surface area contributed by atoms with E-state index in [4.69, 9.17) is 0 Å². The monoisotopic (exact) mass is 387 g/mol. The summed E-state index contributed by atoms with van der Waals surface area (Å²) in [5.41, 5.74) is 2.00.